The van der Waals surface area contributed by atoms with E-state index in [9.17, 15) is 35.1 Å². The summed E-state index contributed by atoms with van der Waals surface area (Å²) in [6, 6.07) is 0. The van der Waals surface area contributed by atoms with Crippen LogP contribution in [0, 0.1) is 40.4 Å². The number of aliphatic hydroxyl groups is 5. The minimum Gasteiger partial charge on any atom is -0.450 e. The monoisotopic (exact) mass is 616 g/mol. The smallest absolute Gasteiger partial charge is 0.331 e. The summed E-state index contributed by atoms with van der Waals surface area (Å²) in [5.41, 5.74) is -6.32. The molecule has 12 atom stereocenters. The van der Waals surface area contributed by atoms with Gasteiger partial charge in [0, 0.05) is 49.4 Å². The number of esters is 1. The Labute approximate surface area is 260 Å². The third-order valence-corrected chi connectivity index (χ3v) is 13.1. The minimum absolute atomic E-state index is 0.0558. The van der Waals surface area contributed by atoms with Crippen LogP contribution in [0.25, 0.3) is 0 Å². The topological polar surface area (TPSA) is 169 Å². The van der Waals surface area contributed by atoms with Gasteiger partial charge in [-0.05, 0) is 74.5 Å². The second kappa shape index (κ2) is 11.0. The zero-order valence-electron chi connectivity index (χ0n) is 26.6. The van der Waals surface area contributed by atoms with Crippen LogP contribution in [0.1, 0.15) is 72.1 Å². The Bertz CT molecular complexity index is 1240. The van der Waals surface area contributed by atoms with Crippen LogP contribution in [-0.4, -0.2) is 99.6 Å². The summed E-state index contributed by atoms with van der Waals surface area (Å²) in [7, 11) is 1.88. The Morgan fingerprint density at radius 2 is 1.86 bits per heavy atom. The van der Waals surface area contributed by atoms with E-state index in [1.54, 1.807) is 6.08 Å². The van der Waals surface area contributed by atoms with Crippen molar-refractivity contribution < 1.29 is 39.9 Å². The molecule has 6 rings (SSSR count). The van der Waals surface area contributed by atoms with Crippen molar-refractivity contribution in [3.05, 3.63) is 23.3 Å². The lowest BCUT2D eigenvalue weighted by atomic mass is 9.36. The molecule has 5 aliphatic carbocycles. The van der Waals surface area contributed by atoms with Gasteiger partial charge < -0.3 is 45.7 Å². The van der Waals surface area contributed by atoms with Gasteiger partial charge in [-0.25, -0.2) is 4.79 Å². The van der Waals surface area contributed by atoms with Gasteiger partial charge in [-0.2, -0.15) is 0 Å². The minimum atomic E-state index is -2.10. The first kappa shape index (κ1) is 32.3. The van der Waals surface area contributed by atoms with Crippen LogP contribution >= 0.6 is 0 Å². The van der Waals surface area contributed by atoms with Crippen LogP contribution in [0.3, 0.4) is 0 Å². The molecule has 0 aromatic carbocycles. The maximum Gasteiger partial charge on any atom is 0.331 e. The number of aliphatic hydroxyl groups excluding tert-OH is 2. The first-order valence-corrected chi connectivity index (χ1v) is 16.7. The maximum atomic E-state index is 13.3. The van der Waals surface area contributed by atoms with Gasteiger partial charge in [0.25, 0.3) is 0 Å². The number of nitrogens with one attached hydrogen (secondary N) is 2. The molecule has 4 saturated carbocycles. The fraction of sp³-hybridized carbons (Fsp3) is 0.824. The zero-order chi connectivity index (χ0) is 31.9. The number of carbonyl (C=O) groups is 2. The number of carbonyl (C=O) groups excluding carboxylic acids is 2. The van der Waals surface area contributed by atoms with E-state index in [1.807, 2.05) is 27.8 Å². The molecule has 0 spiro atoms. The molecule has 12 unspecified atom stereocenters. The van der Waals surface area contributed by atoms with E-state index in [0.717, 1.165) is 30.5 Å². The zero-order valence-corrected chi connectivity index (χ0v) is 26.6. The highest BCUT2D eigenvalue weighted by molar-refractivity contribution is 5.87. The molecule has 44 heavy (non-hydrogen) atoms. The third kappa shape index (κ3) is 4.10. The van der Waals surface area contributed by atoms with Crippen LogP contribution in [-0.2, 0) is 14.3 Å². The van der Waals surface area contributed by atoms with Crippen molar-refractivity contribution in [3.63, 3.8) is 0 Å². The lowest BCUT2D eigenvalue weighted by Gasteiger charge is -2.71. The fourth-order valence-corrected chi connectivity index (χ4v) is 11.1. The average Bonchev–Trinajstić information content (AvgIpc) is 3.46. The number of rotatable bonds is 9. The predicted octanol–water partition coefficient (Wildman–Crippen LogP) is 0.990. The quantitative estimate of drug-likeness (QED) is 0.0859. The molecule has 6 aliphatic rings. The van der Waals surface area contributed by atoms with Crippen molar-refractivity contribution in [1.82, 2.24) is 10.6 Å². The van der Waals surface area contributed by atoms with Crippen LogP contribution in [0.5, 0.6) is 0 Å². The van der Waals surface area contributed by atoms with Crippen molar-refractivity contribution in [3.8, 4) is 0 Å². The van der Waals surface area contributed by atoms with Gasteiger partial charge in [0.2, 0.25) is 0 Å². The number of hydrogen-bond acceptors (Lipinski definition) is 10. The van der Waals surface area contributed by atoms with Gasteiger partial charge >= 0.3 is 5.97 Å². The maximum absolute atomic E-state index is 13.3. The predicted molar refractivity (Wildman–Crippen MR) is 162 cm³/mol. The largest absolute Gasteiger partial charge is 0.450 e. The molecular formula is C34H52N2O8. The lowest BCUT2D eigenvalue weighted by molar-refractivity contribution is -0.364. The Morgan fingerprint density at radius 1 is 1.11 bits per heavy atom. The van der Waals surface area contributed by atoms with Gasteiger partial charge in [0.1, 0.15) is 23.6 Å². The number of aldehydes is 1. The van der Waals surface area contributed by atoms with Crippen molar-refractivity contribution >= 4 is 12.3 Å². The van der Waals surface area contributed by atoms with E-state index in [-0.39, 0.29) is 37.0 Å². The van der Waals surface area contributed by atoms with Crippen LogP contribution in [0.15, 0.2) is 23.3 Å². The lowest BCUT2D eigenvalue weighted by Crippen LogP contribution is -2.84. The van der Waals surface area contributed by atoms with E-state index in [2.05, 4.69) is 16.7 Å². The molecule has 4 fully saturated rings. The second-order valence-electron chi connectivity index (χ2n) is 15.5. The number of allylic oxidation sites excluding steroid dienone is 1. The summed E-state index contributed by atoms with van der Waals surface area (Å²) < 4.78 is 5.80. The number of ether oxygens (including phenoxy) is 1. The summed E-state index contributed by atoms with van der Waals surface area (Å²) >= 11 is 0. The highest BCUT2D eigenvalue weighted by Crippen LogP contribution is 2.74. The molecule has 10 heteroatoms. The van der Waals surface area contributed by atoms with Gasteiger partial charge in [0.05, 0.1) is 23.2 Å². The Kier molecular flexibility index (Phi) is 8.04. The van der Waals surface area contributed by atoms with Crippen molar-refractivity contribution in [2.45, 2.75) is 107 Å². The fourth-order valence-electron chi connectivity index (χ4n) is 11.1. The molecule has 0 saturated heterocycles. The SMILES string of the molecule is CNCCNCC1=CC2CC3(O)C(C)(CCC4C5(C=O)CCC(O)CC5(O)C(CCC(C)C)C(O)C43O)C2C2=CC(=O)OC12. The van der Waals surface area contributed by atoms with Crippen molar-refractivity contribution in [2.75, 3.05) is 26.7 Å². The number of fused-ring (bicyclic) bond motifs is 9. The average molecular weight is 617 g/mol. The molecule has 0 bridgehead atoms. The summed E-state index contributed by atoms with van der Waals surface area (Å²) in [6.07, 6.45) is 3.77. The molecule has 1 heterocycles. The molecule has 0 aromatic rings. The van der Waals surface area contributed by atoms with Crippen LogP contribution in [0.4, 0.5) is 0 Å². The summed E-state index contributed by atoms with van der Waals surface area (Å²) in [4.78, 5) is 26.0. The molecular weight excluding hydrogens is 564 g/mol. The van der Waals surface area contributed by atoms with Gasteiger partial charge in [-0.3, -0.25) is 0 Å². The summed E-state index contributed by atoms with van der Waals surface area (Å²) in [6.45, 7) is 8.03. The molecule has 10 nitrogen and oxygen atoms in total. The van der Waals surface area contributed by atoms with Crippen LogP contribution in [0.2, 0.25) is 0 Å². The standard InChI is InChI=1S/C34H52N2O8/c1-19(2)5-6-24-29(40)34(43)25(31(18-37)10-7-22(38)16-32(24,31)41)8-9-30(3)27-20(15-33(30,34)42)13-21(17-36-12-11-35-4)28-23(27)14-26(39)44-28/h13-14,18-20,22,24-25,27-29,35-36,38,40-43H,5-12,15-17H2,1-4H3. The van der Waals surface area contributed by atoms with Gasteiger partial charge in [-0.1, -0.05) is 33.3 Å². The first-order chi connectivity index (χ1) is 20.7. The van der Waals surface area contributed by atoms with Gasteiger partial charge in [0.15, 0.2) is 0 Å². The van der Waals surface area contributed by atoms with Crippen LogP contribution < -0.4 is 10.6 Å². The number of likely N-dealkylation sites (N-methyl/N-ethyl adjacent to an activating group) is 1. The second-order valence-corrected chi connectivity index (χ2v) is 15.5. The molecule has 246 valence electrons. The normalized spacial score (nSPS) is 49.2. The number of hydrogen-bond donors (Lipinski definition) is 7. The third-order valence-electron chi connectivity index (χ3n) is 13.1. The van der Waals surface area contributed by atoms with Crippen molar-refractivity contribution in [2.24, 2.45) is 40.4 Å². The Balaban J connectivity index is 1.46. The van der Waals surface area contributed by atoms with E-state index < -0.39 is 63.8 Å². The van der Waals surface area contributed by atoms with Gasteiger partial charge in [-0.15, -0.1) is 0 Å². The first-order valence-electron chi connectivity index (χ1n) is 16.7. The molecule has 0 aromatic heterocycles. The van der Waals surface area contributed by atoms with E-state index >= 15 is 0 Å². The molecule has 1 aliphatic heterocycles. The Hall–Kier alpha value is -1.66. The molecule has 0 radical (unpaired) electrons. The molecule has 7 N–H and O–H groups in total. The van der Waals surface area contributed by atoms with E-state index in [1.165, 1.54) is 0 Å². The van der Waals surface area contributed by atoms with E-state index in [4.69, 9.17) is 4.74 Å². The summed E-state index contributed by atoms with van der Waals surface area (Å²) in [5.74, 6) is -2.56. The highest BCUT2D eigenvalue weighted by atomic mass is 16.5. The Morgan fingerprint density at radius 3 is 2.55 bits per heavy atom. The van der Waals surface area contributed by atoms with Crippen molar-refractivity contribution in [1.29, 1.82) is 0 Å². The molecule has 0 amide bonds. The highest BCUT2D eigenvalue weighted by Gasteiger charge is 2.83. The summed E-state index contributed by atoms with van der Waals surface area (Å²) in [5, 5.41) is 68.3. The van der Waals surface area contributed by atoms with E-state index in [0.29, 0.717) is 38.6 Å².